The van der Waals surface area contributed by atoms with Gasteiger partial charge in [0, 0.05) is 17.3 Å². The highest BCUT2D eigenvalue weighted by molar-refractivity contribution is 9.09. The van der Waals surface area contributed by atoms with E-state index >= 15 is 0 Å². The Morgan fingerprint density at radius 3 is 2.35 bits per heavy atom. The molecular formula is C14H19BrO2. The van der Waals surface area contributed by atoms with E-state index in [0.29, 0.717) is 6.42 Å². The van der Waals surface area contributed by atoms with Gasteiger partial charge in [0.05, 0.1) is 7.11 Å². The van der Waals surface area contributed by atoms with Crippen LogP contribution in [0.5, 0.6) is 5.75 Å². The van der Waals surface area contributed by atoms with E-state index in [9.17, 15) is 4.79 Å². The summed E-state index contributed by atoms with van der Waals surface area (Å²) in [5.74, 6) is 1.02. The van der Waals surface area contributed by atoms with Crippen LogP contribution in [0.2, 0.25) is 0 Å². The van der Waals surface area contributed by atoms with Crippen LogP contribution in [0, 0.1) is 0 Å². The maximum atomic E-state index is 11.8. The summed E-state index contributed by atoms with van der Waals surface area (Å²) in [6, 6.07) is 7.33. The summed E-state index contributed by atoms with van der Waals surface area (Å²) in [5.41, 5.74) is 0.784. The van der Waals surface area contributed by atoms with Crippen molar-refractivity contribution in [3.8, 4) is 5.75 Å². The van der Waals surface area contributed by atoms with Gasteiger partial charge in [-0.1, -0.05) is 28.8 Å². The number of rotatable bonds is 8. The smallest absolute Gasteiger partial charge is 0.162 e. The number of hydrogen-bond donors (Lipinski definition) is 0. The van der Waals surface area contributed by atoms with Gasteiger partial charge in [0.15, 0.2) is 5.78 Å². The molecule has 0 amide bonds. The second-order valence-electron chi connectivity index (χ2n) is 4.00. The van der Waals surface area contributed by atoms with Crippen LogP contribution in [0.1, 0.15) is 42.5 Å². The first-order valence-corrected chi connectivity index (χ1v) is 7.13. The number of ether oxygens (including phenoxy) is 1. The van der Waals surface area contributed by atoms with Gasteiger partial charge >= 0.3 is 0 Å². The Balaban J connectivity index is 2.31. The third kappa shape index (κ3) is 5.35. The van der Waals surface area contributed by atoms with E-state index in [2.05, 4.69) is 15.9 Å². The number of halogens is 1. The third-order valence-electron chi connectivity index (χ3n) is 2.70. The highest BCUT2D eigenvalue weighted by Gasteiger charge is 2.05. The molecule has 0 bridgehead atoms. The van der Waals surface area contributed by atoms with Crippen LogP contribution in [-0.2, 0) is 0 Å². The molecule has 3 heteroatoms. The number of ketones is 1. The van der Waals surface area contributed by atoms with E-state index in [-0.39, 0.29) is 5.78 Å². The molecule has 94 valence electrons. The molecule has 0 saturated carbocycles. The molecule has 0 aromatic heterocycles. The van der Waals surface area contributed by atoms with E-state index < -0.39 is 0 Å². The van der Waals surface area contributed by atoms with Crippen molar-refractivity contribution in [2.24, 2.45) is 0 Å². The first-order chi connectivity index (χ1) is 8.27. The number of methoxy groups -OCH3 is 1. The van der Waals surface area contributed by atoms with E-state index in [1.54, 1.807) is 7.11 Å². The molecule has 0 aliphatic carbocycles. The van der Waals surface area contributed by atoms with Gasteiger partial charge in [-0.05, 0) is 37.1 Å². The van der Waals surface area contributed by atoms with Gasteiger partial charge < -0.3 is 4.74 Å². The molecule has 1 rings (SSSR count). The highest BCUT2D eigenvalue weighted by Crippen LogP contribution is 2.14. The Hall–Kier alpha value is -0.830. The Morgan fingerprint density at radius 1 is 1.12 bits per heavy atom. The quantitative estimate of drug-likeness (QED) is 0.408. The molecule has 0 aliphatic heterocycles. The molecule has 0 fully saturated rings. The van der Waals surface area contributed by atoms with Gasteiger partial charge in [0.1, 0.15) is 5.75 Å². The van der Waals surface area contributed by atoms with Gasteiger partial charge in [0.25, 0.3) is 0 Å². The van der Waals surface area contributed by atoms with Crippen molar-refractivity contribution < 1.29 is 9.53 Å². The largest absolute Gasteiger partial charge is 0.497 e. The number of hydrogen-bond acceptors (Lipinski definition) is 2. The number of carbonyl (C=O) groups excluding carboxylic acids is 1. The fraction of sp³-hybridized carbons (Fsp3) is 0.500. The van der Waals surface area contributed by atoms with Crippen LogP contribution >= 0.6 is 15.9 Å². The Kier molecular flexibility index (Phi) is 6.94. The molecule has 2 nitrogen and oxygen atoms in total. The number of alkyl halides is 1. The number of unbranched alkanes of at least 4 members (excludes halogenated alkanes) is 3. The van der Waals surface area contributed by atoms with Gasteiger partial charge in [0.2, 0.25) is 0 Å². The molecule has 0 unspecified atom stereocenters. The van der Waals surface area contributed by atoms with Crippen molar-refractivity contribution in [3.63, 3.8) is 0 Å². The second-order valence-corrected chi connectivity index (χ2v) is 4.80. The molecule has 17 heavy (non-hydrogen) atoms. The highest BCUT2D eigenvalue weighted by atomic mass is 79.9. The van der Waals surface area contributed by atoms with Crippen LogP contribution in [0.4, 0.5) is 0 Å². The molecule has 0 atom stereocenters. The molecule has 0 N–H and O–H groups in total. The molecule has 1 aromatic rings. The average Bonchev–Trinajstić information content (AvgIpc) is 2.38. The fourth-order valence-electron chi connectivity index (χ4n) is 1.65. The predicted octanol–water partition coefficient (Wildman–Crippen LogP) is 4.22. The van der Waals surface area contributed by atoms with E-state index in [4.69, 9.17) is 4.74 Å². The number of carbonyl (C=O) groups is 1. The van der Waals surface area contributed by atoms with E-state index in [1.807, 2.05) is 24.3 Å². The summed E-state index contributed by atoms with van der Waals surface area (Å²) >= 11 is 3.40. The van der Waals surface area contributed by atoms with Crippen LogP contribution in [0.15, 0.2) is 24.3 Å². The SMILES string of the molecule is COc1ccc(C(=O)CCCCCCBr)cc1. The molecule has 0 aliphatic rings. The predicted molar refractivity (Wildman–Crippen MR) is 74.2 cm³/mol. The van der Waals surface area contributed by atoms with Crippen LogP contribution in [0.25, 0.3) is 0 Å². The van der Waals surface area contributed by atoms with Gasteiger partial charge in [-0.3, -0.25) is 4.79 Å². The van der Waals surface area contributed by atoms with Crippen molar-refractivity contribution in [1.82, 2.24) is 0 Å². The van der Waals surface area contributed by atoms with Crippen LogP contribution in [0.3, 0.4) is 0 Å². The summed E-state index contributed by atoms with van der Waals surface area (Å²) in [7, 11) is 1.63. The number of Topliss-reactive ketones (excluding diaryl/α,β-unsaturated/α-hetero) is 1. The first kappa shape index (κ1) is 14.2. The van der Waals surface area contributed by atoms with Gasteiger partial charge in [-0.25, -0.2) is 0 Å². The van der Waals surface area contributed by atoms with Crippen LogP contribution < -0.4 is 4.74 Å². The lowest BCUT2D eigenvalue weighted by Crippen LogP contribution is -1.98. The van der Waals surface area contributed by atoms with Crippen molar-refractivity contribution in [2.75, 3.05) is 12.4 Å². The topological polar surface area (TPSA) is 26.3 Å². The standard InChI is InChI=1S/C14H19BrO2/c1-17-13-9-7-12(8-10-13)14(16)6-4-2-3-5-11-15/h7-10H,2-6,11H2,1H3. The van der Waals surface area contributed by atoms with Crippen molar-refractivity contribution >= 4 is 21.7 Å². The zero-order chi connectivity index (χ0) is 12.5. The van der Waals surface area contributed by atoms with Gasteiger partial charge in [-0.15, -0.1) is 0 Å². The minimum Gasteiger partial charge on any atom is -0.497 e. The number of benzene rings is 1. The zero-order valence-corrected chi connectivity index (χ0v) is 11.8. The van der Waals surface area contributed by atoms with E-state index in [1.165, 1.54) is 12.8 Å². The average molecular weight is 299 g/mol. The molecule has 0 spiro atoms. The van der Waals surface area contributed by atoms with Crippen molar-refractivity contribution in [2.45, 2.75) is 32.1 Å². The maximum Gasteiger partial charge on any atom is 0.162 e. The summed E-state index contributed by atoms with van der Waals surface area (Å²) in [5, 5.41) is 1.05. The minimum absolute atomic E-state index is 0.228. The Morgan fingerprint density at radius 2 is 1.76 bits per heavy atom. The third-order valence-corrected chi connectivity index (χ3v) is 3.26. The molecule has 0 saturated heterocycles. The van der Waals surface area contributed by atoms with Crippen molar-refractivity contribution in [1.29, 1.82) is 0 Å². The monoisotopic (exact) mass is 298 g/mol. The molecular weight excluding hydrogens is 280 g/mol. The fourth-order valence-corrected chi connectivity index (χ4v) is 2.05. The lowest BCUT2D eigenvalue weighted by Gasteiger charge is -2.03. The lowest BCUT2D eigenvalue weighted by molar-refractivity contribution is 0.0979. The minimum atomic E-state index is 0.228. The summed E-state index contributed by atoms with van der Waals surface area (Å²) in [6.45, 7) is 0. The Labute approximate surface area is 111 Å². The molecule has 0 radical (unpaired) electrons. The Bertz CT molecular complexity index is 333. The van der Waals surface area contributed by atoms with Crippen LogP contribution in [-0.4, -0.2) is 18.2 Å². The normalized spacial score (nSPS) is 10.2. The summed E-state index contributed by atoms with van der Waals surface area (Å²) in [6.07, 6.45) is 5.15. The first-order valence-electron chi connectivity index (χ1n) is 6.01. The van der Waals surface area contributed by atoms with Crippen molar-refractivity contribution in [3.05, 3.63) is 29.8 Å². The molecule has 1 aromatic carbocycles. The van der Waals surface area contributed by atoms with E-state index in [0.717, 1.165) is 29.5 Å². The summed E-state index contributed by atoms with van der Waals surface area (Å²) < 4.78 is 5.06. The van der Waals surface area contributed by atoms with Gasteiger partial charge in [-0.2, -0.15) is 0 Å². The molecule has 0 heterocycles. The second kappa shape index (κ2) is 8.29. The maximum absolute atomic E-state index is 11.8. The zero-order valence-electron chi connectivity index (χ0n) is 10.2. The summed E-state index contributed by atoms with van der Waals surface area (Å²) in [4.78, 5) is 11.8. The lowest BCUT2D eigenvalue weighted by atomic mass is 10.0.